The summed E-state index contributed by atoms with van der Waals surface area (Å²) < 4.78 is 0. The molecule has 1 aromatic carbocycles. The van der Waals surface area contributed by atoms with E-state index in [2.05, 4.69) is 17.1 Å². The topological polar surface area (TPSA) is 56.8 Å². The second-order valence-electron chi connectivity index (χ2n) is 8.28. The van der Waals surface area contributed by atoms with Gasteiger partial charge < -0.3 is 9.80 Å². The Morgan fingerprint density at radius 2 is 1.79 bits per heavy atom. The molecule has 3 heterocycles. The predicted molar refractivity (Wildman–Crippen MR) is 111 cm³/mol. The number of carbonyl (C=O) groups excluding carboxylic acids is 2. The normalized spacial score (nSPS) is 23.5. The van der Waals surface area contributed by atoms with Gasteiger partial charge in [-0.3, -0.25) is 19.5 Å². The highest BCUT2D eigenvalue weighted by Gasteiger charge is 2.49. The van der Waals surface area contributed by atoms with E-state index in [4.69, 9.17) is 0 Å². The van der Waals surface area contributed by atoms with Crippen molar-refractivity contribution in [2.45, 2.75) is 19.5 Å². The fraction of sp³-hybridized carbons (Fsp3) is 0.435. The molecule has 2 aliphatic rings. The van der Waals surface area contributed by atoms with Crippen LogP contribution < -0.4 is 0 Å². The van der Waals surface area contributed by atoms with Gasteiger partial charge in [-0.2, -0.15) is 0 Å². The lowest BCUT2D eigenvalue weighted by atomic mass is 9.89. The van der Waals surface area contributed by atoms with Crippen molar-refractivity contribution in [2.75, 3.05) is 33.2 Å². The maximum Gasteiger partial charge on any atom is 0.236 e. The van der Waals surface area contributed by atoms with Gasteiger partial charge in [0.25, 0.3) is 0 Å². The van der Waals surface area contributed by atoms with E-state index in [0.717, 1.165) is 31.7 Å². The van der Waals surface area contributed by atoms with E-state index in [0.29, 0.717) is 18.4 Å². The lowest BCUT2D eigenvalue weighted by Gasteiger charge is -2.29. The van der Waals surface area contributed by atoms with Crippen LogP contribution in [-0.2, 0) is 16.1 Å². The molecule has 2 aromatic rings. The van der Waals surface area contributed by atoms with Gasteiger partial charge in [0.15, 0.2) is 0 Å². The smallest absolute Gasteiger partial charge is 0.236 e. The second-order valence-corrected chi connectivity index (χ2v) is 8.28. The number of benzene rings is 1. The Balaban J connectivity index is 1.41. The molecule has 2 fully saturated rings. The van der Waals surface area contributed by atoms with E-state index in [-0.39, 0.29) is 17.9 Å². The van der Waals surface area contributed by atoms with Crippen LogP contribution in [0.4, 0.5) is 0 Å². The number of fused-ring (bicyclic) bond motifs is 1. The Hall–Kier alpha value is -2.73. The van der Waals surface area contributed by atoms with Crippen LogP contribution in [0.25, 0.3) is 0 Å². The van der Waals surface area contributed by atoms with Gasteiger partial charge >= 0.3 is 0 Å². The van der Waals surface area contributed by atoms with E-state index in [9.17, 15) is 9.59 Å². The van der Waals surface area contributed by atoms with Crippen molar-refractivity contribution in [3.8, 4) is 0 Å². The number of likely N-dealkylation sites (N-methyl/N-ethyl adjacent to an activating group) is 1. The molecule has 0 aliphatic carbocycles. The standard InChI is InChI=1S/C23H28N4O2/c1-17(28)27-14-20-13-26(15-21(20)23(27)19-6-4-3-5-7-19)22(29)16-25(2)12-18-8-10-24-11-9-18/h3-11,20-21,23H,12-16H2,1-2H3/t20-,21-,23+/m1/s1. The molecule has 29 heavy (non-hydrogen) atoms. The summed E-state index contributed by atoms with van der Waals surface area (Å²) in [5, 5.41) is 0. The molecule has 0 N–H and O–H groups in total. The molecule has 0 unspecified atom stereocenters. The third-order valence-electron chi connectivity index (χ3n) is 6.17. The number of aromatic nitrogens is 1. The third kappa shape index (κ3) is 4.17. The van der Waals surface area contributed by atoms with Crippen LogP contribution in [0.3, 0.4) is 0 Å². The first-order chi connectivity index (χ1) is 14.0. The Bertz CT molecular complexity index is 858. The summed E-state index contributed by atoms with van der Waals surface area (Å²) in [4.78, 5) is 35.2. The van der Waals surface area contributed by atoms with Gasteiger partial charge in [-0.05, 0) is 30.3 Å². The van der Waals surface area contributed by atoms with Crippen LogP contribution in [0, 0.1) is 11.8 Å². The van der Waals surface area contributed by atoms with E-state index < -0.39 is 0 Å². The van der Waals surface area contributed by atoms with Crippen LogP contribution in [-0.4, -0.2) is 64.7 Å². The SMILES string of the molecule is CC(=O)N1C[C@H]2CN(C(=O)CN(C)Cc3ccncc3)C[C@H]2[C@@H]1c1ccccc1. The number of amides is 2. The van der Waals surface area contributed by atoms with Crippen molar-refractivity contribution < 1.29 is 9.59 Å². The molecular weight excluding hydrogens is 364 g/mol. The summed E-state index contributed by atoms with van der Waals surface area (Å²) in [6.07, 6.45) is 3.55. The average molecular weight is 393 g/mol. The fourth-order valence-electron chi connectivity index (χ4n) is 4.84. The molecule has 2 saturated heterocycles. The molecule has 2 amide bonds. The molecule has 152 valence electrons. The molecule has 2 aliphatic heterocycles. The maximum atomic E-state index is 12.9. The summed E-state index contributed by atoms with van der Waals surface area (Å²) in [6, 6.07) is 14.2. The molecule has 0 saturated carbocycles. The molecule has 1 aromatic heterocycles. The summed E-state index contributed by atoms with van der Waals surface area (Å²) >= 11 is 0. The minimum absolute atomic E-state index is 0.0612. The van der Waals surface area contributed by atoms with Crippen molar-refractivity contribution in [1.82, 2.24) is 19.7 Å². The molecular formula is C23H28N4O2. The van der Waals surface area contributed by atoms with Crippen LogP contribution in [0.5, 0.6) is 0 Å². The van der Waals surface area contributed by atoms with E-state index >= 15 is 0 Å². The number of hydrogen-bond acceptors (Lipinski definition) is 4. The molecule has 0 spiro atoms. The van der Waals surface area contributed by atoms with Crippen LogP contribution in [0.15, 0.2) is 54.9 Å². The van der Waals surface area contributed by atoms with Crippen molar-refractivity contribution in [3.05, 3.63) is 66.0 Å². The van der Waals surface area contributed by atoms with Crippen LogP contribution in [0.2, 0.25) is 0 Å². The van der Waals surface area contributed by atoms with Crippen molar-refractivity contribution in [2.24, 2.45) is 11.8 Å². The molecule has 4 rings (SSSR count). The van der Waals surface area contributed by atoms with Gasteiger partial charge in [0.05, 0.1) is 12.6 Å². The molecule has 0 bridgehead atoms. The minimum Gasteiger partial charge on any atom is -0.341 e. The molecule has 6 heteroatoms. The van der Waals surface area contributed by atoms with Gasteiger partial charge in [0.1, 0.15) is 0 Å². The van der Waals surface area contributed by atoms with Gasteiger partial charge in [0, 0.05) is 57.3 Å². The number of rotatable bonds is 5. The van der Waals surface area contributed by atoms with E-state index in [1.165, 1.54) is 5.56 Å². The van der Waals surface area contributed by atoms with Gasteiger partial charge in [-0.25, -0.2) is 0 Å². The lowest BCUT2D eigenvalue weighted by molar-refractivity contribution is -0.132. The Labute approximate surface area is 172 Å². The van der Waals surface area contributed by atoms with Gasteiger partial charge in [0.2, 0.25) is 11.8 Å². The van der Waals surface area contributed by atoms with Crippen LogP contribution in [0.1, 0.15) is 24.1 Å². The summed E-state index contributed by atoms with van der Waals surface area (Å²) in [5.41, 5.74) is 2.31. The predicted octanol–water partition coefficient (Wildman–Crippen LogP) is 2.19. The van der Waals surface area contributed by atoms with Crippen molar-refractivity contribution in [1.29, 1.82) is 0 Å². The number of likely N-dealkylation sites (tertiary alicyclic amines) is 2. The van der Waals surface area contributed by atoms with E-state index in [1.807, 2.05) is 52.1 Å². The fourth-order valence-corrected chi connectivity index (χ4v) is 4.84. The first kappa shape index (κ1) is 19.6. The summed E-state index contributed by atoms with van der Waals surface area (Å²) in [7, 11) is 1.97. The maximum absolute atomic E-state index is 12.9. The zero-order chi connectivity index (χ0) is 20.4. The Kier molecular flexibility index (Phi) is 5.62. The zero-order valence-electron chi connectivity index (χ0n) is 17.1. The highest BCUT2D eigenvalue weighted by molar-refractivity contribution is 5.79. The summed E-state index contributed by atoms with van der Waals surface area (Å²) in [6.45, 7) is 4.95. The minimum atomic E-state index is 0.0612. The quantitative estimate of drug-likeness (QED) is 0.783. The molecule has 3 atom stereocenters. The average Bonchev–Trinajstić information content (AvgIpc) is 3.27. The van der Waals surface area contributed by atoms with E-state index in [1.54, 1.807) is 19.3 Å². The molecule has 0 radical (unpaired) electrons. The second kappa shape index (κ2) is 8.33. The largest absolute Gasteiger partial charge is 0.341 e. The first-order valence-electron chi connectivity index (χ1n) is 10.2. The monoisotopic (exact) mass is 392 g/mol. The number of carbonyl (C=O) groups is 2. The number of nitrogens with zero attached hydrogens (tertiary/aromatic N) is 4. The number of hydrogen-bond donors (Lipinski definition) is 0. The van der Waals surface area contributed by atoms with Crippen molar-refractivity contribution in [3.63, 3.8) is 0 Å². The highest BCUT2D eigenvalue weighted by atomic mass is 16.2. The van der Waals surface area contributed by atoms with Gasteiger partial charge in [-0.15, -0.1) is 0 Å². The zero-order valence-corrected chi connectivity index (χ0v) is 17.1. The molecule has 6 nitrogen and oxygen atoms in total. The third-order valence-corrected chi connectivity index (χ3v) is 6.17. The first-order valence-corrected chi connectivity index (χ1v) is 10.2. The van der Waals surface area contributed by atoms with Gasteiger partial charge in [-0.1, -0.05) is 30.3 Å². The highest BCUT2D eigenvalue weighted by Crippen LogP contribution is 2.44. The Morgan fingerprint density at radius 1 is 1.07 bits per heavy atom. The van der Waals surface area contributed by atoms with Crippen molar-refractivity contribution >= 4 is 11.8 Å². The number of pyridine rings is 1. The van der Waals surface area contributed by atoms with Crippen LogP contribution >= 0.6 is 0 Å². The Morgan fingerprint density at radius 3 is 2.48 bits per heavy atom. The summed E-state index contributed by atoms with van der Waals surface area (Å²) in [5.74, 6) is 0.926. The lowest BCUT2D eigenvalue weighted by Crippen LogP contribution is -2.40.